The molecule has 2 N–H and O–H groups in total. The zero-order valence-corrected chi connectivity index (χ0v) is 13.0. The van der Waals surface area contributed by atoms with Gasteiger partial charge in [-0.3, -0.25) is 4.79 Å². The monoisotopic (exact) mass is 324 g/mol. The normalized spacial score (nSPS) is 12.2. The Kier molecular flexibility index (Phi) is 4.08. The highest BCUT2D eigenvalue weighted by Gasteiger charge is 2.26. The quantitative estimate of drug-likeness (QED) is 0.719. The lowest BCUT2D eigenvalue weighted by atomic mass is 9.87. The number of Topliss-reactive ketones (excluding diaryl/α,β-unsaturated/α-hetero) is 1. The Morgan fingerprint density at radius 3 is 2.46 bits per heavy atom. The first-order chi connectivity index (χ1) is 11.5. The molecule has 1 atom stereocenters. The van der Waals surface area contributed by atoms with Gasteiger partial charge in [0.2, 0.25) is 0 Å². The molecule has 0 radical (unpaired) electrons. The van der Waals surface area contributed by atoms with Crippen LogP contribution in [0.15, 0.2) is 57.7 Å². The van der Waals surface area contributed by atoms with Crippen molar-refractivity contribution < 1.29 is 19.4 Å². The zero-order valence-electron chi connectivity index (χ0n) is 13.0. The number of ketones is 1. The van der Waals surface area contributed by atoms with Gasteiger partial charge < -0.3 is 14.6 Å². The summed E-state index contributed by atoms with van der Waals surface area (Å²) in [6, 6.07) is 13.4. The Morgan fingerprint density at radius 1 is 1.08 bits per heavy atom. The third kappa shape index (κ3) is 2.76. The van der Waals surface area contributed by atoms with Gasteiger partial charge in [-0.1, -0.05) is 36.4 Å². The van der Waals surface area contributed by atoms with Crippen LogP contribution in [0.1, 0.15) is 30.4 Å². The van der Waals surface area contributed by atoms with E-state index in [1.54, 1.807) is 24.3 Å². The maximum atomic E-state index is 12.4. The van der Waals surface area contributed by atoms with Gasteiger partial charge in [-0.2, -0.15) is 0 Å². The molecule has 3 aromatic rings. The van der Waals surface area contributed by atoms with Crippen molar-refractivity contribution in [2.24, 2.45) is 0 Å². The van der Waals surface area contributed by atoms with Gasteiger partial charge >= 0.3 is 5.63 Å². The first-order valence-corrected chi connectivity index (χ1v) is 7.51. The van der Waals surface area contributed by atoms with E-state index in [9.17, 15) is 19.8 Å². The molecule has 0 fully saturated rings. The van der Waals surface area contributed by atoms with Crippen molar-refractivity contribution in [2.45, 2.75) is 19.3 Å². The summed E-state index contributed by atoms with van der Waals surface area (Å²) >= 11 is 0. The minimum absolute atomic E-state index is 0.0228. The SMILES string of the molecule is CC(=O)C[C@H](c1ccccc1)c1c(O)c2c(O)cccc2oc1=O. The minimum Gasteiger partial charge on any atom is -0.507 e. The van der Waals surface area contributed by atoms with Crippen LogP contribution < -0.4 is 5.63 Å². The highest BCUT2D eigenvalue weighted by Crippen LogP contribution is 2.39. The Hall–Kier alpha value is -3.08. The number of benzene rings is 2. The summed E-state index contributed by atoms with van der Waals surface area (Å²) in [5.74, 6) is -1.32. The number of carbonyl (C=O) groups is 1. The largest absolute Gasteiger partial charge is 0.507 e. The summed E-state index contributed by atoms with van der Waals surface area (Å²) in [5, 5.41) is 20.7. The van der Waals surface area contributed by atoms with Crippen LogP contribution in [-0.2, 0) is 4.79 Å². The first kappa shape index (κ1) is 15.8. The van der Waals surface area contributed by atoms with Gasteiger partial charge in [0.15, 0.2) is 0 Å². The fourth-order valence-electron chi connectivity index (χ4n) is 2.90. The fraction of sp³-hybridized carbons (Fsp3) is 0.158. The molecule has 122 valence electrons. The highest BCUT2D eigenvalue weighted by molar-refractivity contribution is 5.90. The molecular weight excluding hydrogens is 308 g/mol. The number of phenols is 1. The molecule has 0 aliphatic rings. The van der Waals surface area contributed by atoms with Crippen molar-refractivity contribution in [3.05, 3.63) is 70.1 Å². The summed E-state index contributed by atoms with van der Waals surface area (Å²) in [6.45, 7) is 1.42. The number of hydrogen-bond acceptors (Lipinski definition) is 5. The smallest absolute Gasteiger partial charge is 0.343 e. The summed E-state index contributed by atoms with van der Waals surface area (Å²) < 4.78 is 5.25. The van der Waals surface area contributed by atoms with Crippen LogP contribution >= 0.6 is 0 Å². The van der Waals surface area contributed by atoms with E-state index in [0.29, 0.717) is 5.56 Å². The van der Waals surface area contributed by atoms with Crippen molar-refractivity contribution in [3.8, 4) is 11.5 Å². The molecular formula is C19H16O5. The van der Waals surface area contributed by atoms with E-state index in [4.69, 9.17) is 4.42 Å². The Bertz CT molecular complexity index is 957. The van der Waals surface area contributed by atoms with Crippen LogP contribution in [0.2, 0.25) is 0 Å². The maximum Gasteiger partial charge on any atom is 0.343 e. The van der Waals surface area contributed by atoms with Crippen LogP contribution in [0.3, 0.4) is 0 Å². The van der Waals surface area contributed by atoms with Crippen molar-refractivity contribution in [1.82, 2.24) is 0 Å². The van der Waals surface area contributed by atoms with Crippen LogP contribution in [0.4, 0.5) is 0 Å². The van der Waals surface area contributed by atoms with Crippen molar-refractivity contribution in [1.29, 1.82) is 0 Å². The van der Waals surface area contributed by atoms with Gasteiger partial charge in [0.05, 0.1) is 5.56 Å². The Balaban J connectivity index is 2.30. The molecule has 0 saturated carbocycles. The summed E-state index contributed by atoms with van der Waals surface area (Å²) in [6.07, 6.45) is 0.0431. The molecule has 0 amide bonds. The highest BCUT2D eigenvalue weighted by atomic mass is 16.4. The molecule has 0 bridgehead atoms. The van der Waals surface area contributed by atoms with Crippen molar-refractivity contribution >= 4 is 16.8 Å². The molecule has 0 unspecified atom stereocenters. The van der Waals surface area contributed by atoms with E-state index in [1.807, 2.05) is 6.07 Å². The van der Waals surface area contributed by atoms with Gasteiger partial charge in [0, 0.05) is 12.3 Å². The number of carbonyl (C=O) groups excluding carboxylic acids is 1. The van der Waals surface area contributed by atoms with Gasteiger partial charge in [-0.25, -0.2) is 4.79 Å². The number of phenolic OH excluding ortho intramolecular Hbond substituents is 1. The molecule has 3 rings (SSSR count). The molecule has 1 aromatic heterocycles. The molecule has 0 aliphatic heterocycles. The average Bonchev–Trinajstić information content (AvgIpc) is 2.54. The number of rotatable bonds is 4. The lowest BCUT2D eigenvalue weighted by molar-refractivity contribution is -0.117. The predicted octanol–water partition coefficient (Wildman–Crippen LogP) is 3.32. The summed E-state index contributed by atoms with van der Waals surface area (Å²) in [7, 11) is 0. The summed E-state index contributed by atoms with van der Waals surface area (Å²) in [5.41, 5.74) is 0.0621. The van der Waals surface area contributed by atoms with Crippen LogP contribution in [0.5, 0.6) is 11.5 Å². The molecule has 2 aromatic carbocycles. The van der Waals surface area contributed by atoms with Gasteiger partial charge in [-0.15, -0.1) is 0 Å². The fourth-order valence-corrected chi connectivity index (χ4v) is 2.90. The third-order valence-electron chi connectivity index (χ3n) is 3.96. The first-order valence-electron chi connectivity index (χ1n) is 7.51. The number of fused-ring (bicyclic) bond motifs is 1. The second-order valence-electron chi connectivity index (χ2n) is 5.67. The van der Waals surface area contributed by atoms with Crippen molar-refractivity contribution in [3.63, 3.8) is 0 Å². The van der Waals surface area contributed by atoms with Gasteiger partial charge in [0.25, 0.3) is 0 Å². The molecule has 0 spiro atoms. The standard InChI is InChI=1S/C19H16O5/c1-11(20)10-13(12-6-3-2-4-7-12)16-18(22)17-14(21)8-5-9-15(17)24-19(16)23/h2-9,13,21-22H,10H2,1H3/t13-/m1/s1. The molecule has 5 heteroatoms. The lowest BCUT2D eigenvalue weighted by Gasteiger charge is -2.17. The molecule has 0 saturated heterocycles. The van der Waals surface area contributed by atoms with Crippen molar-refractivity contribution in [2.75, 3.05) is 0 Å². The average molecular weight is 324 g/mol. The summed E-state index contributed by atoms with van der Waals surface area (Å²) in [4.78, 5) is 24.1. The second kappa shape index (κ2) is 6.20. The topological polar surface area (TPSA) is 87.7 Å². The molecule has 0 aliphatic carbocycles. The lowest BCUT2D eigenvalue weighted by Crippen LogP contribution is -2.16. The third-order valence-corrected chi connectivity index (χ3v) is 3.96. The van der Waals surface area contributed by atoms with Gasteiger partial charge in [-0.05, 0) is 24.6 Å². The number of aromatic hydroxyl groups is 2. The van der Waals surface area contributed by atoms with E-state index in [1.165, 1.54) is 25.1 Å². The minimum atomic E-state index is -0.722. The molecule has 24 heavy (non-hydrogen) atoms. The van der Waals surface area contributed by atoms with Crippen LogP contribution in [0, 0.1) is 0 Å². The van der Waals surface area contributed by atoms with E-state index in [2.05, 4.69) is 0 Å². The van der Waals surface area contributed by atoms with Crippen LogP contribution in [0.25, 0.3) is 11.0 Å². The van der Waals surface area contributed by atoms with Gasteiger partial charge in [0.1, 0.15) is 28.3 Å². The predicted molar refractivity (Wildman–Crippen MR) is 89.4 cm³/mol. The van der Waals surface area contributed by atoms with E-state index < -0.39 is 11.5 Å². The van der Waals surface area contributed by atoms with Crippen LogP contribution in [-0.4, -0.2) is 16.0 Å². The van der Waals surface area contributed by atoms with E-state index in [0.717, 1.165) is 0 Å². The van der Waals surface area contributed by atoms with E-state index in [-0.39, 0.29) is 40.2 Å². The Labute approximate surface area is 137 Å². The molecule has 5 nitrogen and oxygen atoms in total. The molecule has 1 heterocycles. The number of hydrogen-bond donors (Lipinski definition) is 2. The van der Waals surface area contributed by atoms with E-state index >= 15 is 0 Å². The maximum absolute atomic E-state index is 12.4. The second-order valence-corrected chi connectivity index (χ2v) is 5.67. The Morgan fingerprint density at radius 2 is 1.79 bits per heavy atom. The zero-order chi connectivity index (χ0) is 17.3.